The first-order chi connectivity index (χ1) is 12.2. The average molecular weight is 348 g/mol. The smallest absolute Gasteiger partial charge is 0.280 e. The van der Waals surface area contributed by atoms with E-state index in [-0.39, 0.29) is 5.91 Å². The summed E-state index contributed by atoms with van der Waals surface area (Å²) in [5.74, 6) is -0.180. The predicted octanol–water partition coefficient (Wildman–Crippen LogP) is 4.09. The van der Waals surface area contributed by atoms with Crippen molar-refractivity contribution in [1.29, 1.82) is 0 Å². The molecule has 1 aromatic carbocycles. The quantitative estimate of drug-likeness (QED) is 0.522. The Morgan fingerprint density at radius 1 is 1.32 bits per heavy atom. The van der Waals surface area contributed by atoms with Gasteiger partial charge in [-0.05, 0) is 36.8 Å². The zero-order chi connectivity index (χ0) is 17.4. The molecule has 0 saturated carbocycles. The van der Waals surface area contributed by atoms with Crippen LogP contribution in [-0.4, -0.2) is 26.8 Å². The number of pyridine rings is 1. The third-order valence-corrected chi connectivity index (χ3v) is 4.96. The molecule has 4 aromatic rings. The Morgan fingerprint density at radius 2 is 2.16 bits per heavy atom. The Hall–Kier alpha value is -2.99. The number of carbonyl (C=O) groups excluding carboxylic acids is 1. The molecule has 5 nitrogen and oxygen atoms in total. The third-order valence-electron chi connectivity index (χ3n) is 3.91. The van der Waals surface area contributed by atoms with Crippen molar-refractivity contribution in [2.45, 2.75) is 6.92 Å². The van der Waals surface area contributed by atoms with Crippen LogP contribution in [-0.2, 0) is 0 Å². The minimum Gasteiger partial charge on any atom is -0.306 e. The molecule has 4 rings (SSSR count). The fourth-order valence-electron chi connectivity index (χ4n) is 2.68. The van der Waals surface area contributed by atoms with E-state index in [1.807, 2.05) is 53.9 Å². The summed E-state index contributed by atoms with van der Waals surface area (Å²) in [6.07, 6.45) is 5.36. The summed E-state index contributed by atoms with van der Waals surface area (Å²) in [4.78, 5) is 23.7. The molecule has 6 heteroatoms. The summed E-state index contributed by atoms with van der Waals surface area (Å²) >= 11 is 1.49. The van der Waals surface area contributed by atoms with E-state index in [2.05, 4.69) is 16.5 Å². The summed E-state index contributed by atoms with van der Waals surface area (Å²) in [6, 6.07) is 11.8. The van der Waals surface area contributed by atoms with Gasteiger partial charge in [0.1, 0.15) is 11.3 Å². The van der Waals surface area contributed by atoms with E-state index in [0.29, 0.717) is 17.4 Å². The number of nitrogens with zero attached hydrogens (tertiary/aromatic N) is 4. The highest BCUT2D eigenvalue weighted by Crippen LogP contribution is 2.29. The maximum Gasteiger partial charge on any atom is 0.280 e. The van der Waals surface area contributed by atoms with Crippen LogP contribution in [0.2, 0.25) is 0 Å². The molecule has 3 aromatic heterocycles. The number of thiazole rings is 1. The number of amides is 1. The van der Waals surface area contributed by atoms with E-state index in [1.165, 1.54) is 11.3 Å². The van der Waals surface area contributed by atoms with Gasteiger partial charge in [-0.3, -0.25) is 9.69 Å². The normalized spacial score (nSPS) is 11.1. The molecule has 0 saturated heterocycles. The number of carbonyl (C=O) groups is 1. The average Bonchev–Trinajstić information content (AvgIpc) is 3.22. The molecular formula is C19H16N4OS. The second-order valence-electron chi connectivity index (χ2n) is 5.76. The number of aromatic nitrogens is 3. The first-order valence-electron chi connectivity index (χ1n) is 7.89. The largest absolute Gasteiger partial charge is 0.306 e. The standard InChI is InChI=1S/C19H16N4OS/c1-3-9-23(19-21-14-6-4-5-7-16(14)25-19)18(24)15-12-22-10-8-13(2)11-17(22)20-15/h3-8,10-12H,1,9H2,2H3. The number of rotatable bonds is 4. The number of fused-ring (bicyclic) bond motifs is 2. The summed E-state index contributed by atoms with van der Waals surface area (Å²) < 4.78 is 2.90. The Labute approximate surface area is 148 Å². The fraction of sp³-hybridized carbons (Fsp3) is 0.105. The number of aryl methyl sites for hydroxylation is 1. The van der Waals surface area contributed by atoms with E-state index in [4.69, 9.17) is 0 Å². The topological polar surface area (TPSA) is 50.5 Å². The van der Waals surface area contributed by atoms with Gasteiger partial charge in [-0.15, -0.1) is 6.58 Å². The minimum atomic E-state index is -0.180. The van der Waals surface area contributed by atoms with Crippen molar-refractivity contribution in [3.05, 3.63) is 72.7 Å². The molecule has 0 spiro atoms. The van der Waals surface area contributed by atoms with Crippen LogP contribution in [0.15, 0.2) is 61.4 Å². The van der Waals surface area contributed by atoms with Gasteiger partial charge in [-0.25, -0.2) is 9.97 Å². The second kappa shape index (κ2) is 6.14. The summed E-state index contributed by atoms with van der Waals surface area (Å²) in [5, 5.41) is 0.652. The maximum atomic E-state index is 13.0. The molecule has 0 fully saturated rings. The van der Waals surface area contributed by atoms with E-state index < -0.39 is 0 Å². The third kappa shape index (κ3) is 2.81. The number of anilines is 1. The molecule has 25 heavy (non-hydrogen) atoms. The van der Waals surface area contributed by atoms with Gasteiger partial charge in [-0.1, -0.05) is 29.5 Å². The lowest BCUT2D eigenvalue weighted by atomic mass is 10.3. The second-order valence-corrected chi connectivity index (χ2v) is 6.77. The predicted molar refractivity (Wildman–Crippen MR) is 101 cm³/mol. The van der Waals surface area contributed by atoms with Gasteiger partial charge in [0.05, 0.1) is 10.2 Å². The molecule has 0 bridgehead atoms. The Morgan fingerprint density at radius 3 is 2.96 bits per heavy atom. The number of hydrogen-bond donors (Lipinski definition) is 0. The molecule has 3 heterocycles. The zero-order valence-electron chi connectivity index (χ0n) is 13.7. The first-order valence-corrected chi connectivity index (χ1v) is 8.71. The lowest BCUT2D eigenvalue weighted by Crippen LogP contribution is -2.31. The number of imidazole rings is 1. The fourth-order valence-corrected chi connectivity index (χ4v) is 3.65. The van der Waals surface area contributed by atoms with Crippen molar-refractivity contribution >= 4 is 38.2 Å². The molecular weight excluding hydrogens is 332 g/mol. The molecule has 0 aliphatic heterocycles. The van der Waals surface area contributed by atoms with Crippen LogP contribution in [0.4, 0.5) is 5.13 Å². The Kier molecular flexibility index (Phi) is 3.82. The summed E-state index contributed by atoms with van der Waals surface area (Å²) in [5.41, 5.74) is 3.14. The minimum absolute atomic E-state index is 0.180. The van der Waals surface area contributed by atoms with Crippen LogP contribution in [0.1, 0.15) is 16.1 Å². The van der Waals surface area contributed by atoms with Crippen molar-refractivity contribution in [3.63, 3.8) is 0 Å². The van der Waals surface area contributed by atoms with Crippen LogP contribution in [0, 0.1) is 6.92 Å². The van der Waals surface area contributed by atoms with Crippen molar-refractivity contribution in [2.75, 3.05) is 11.4 Å². The highest BCUT2D eigenvalue weighted by atomic mass is 32.1. The monoisotopic (exact) mass is 348 g/mol. The summed E-state index contributed by atoms with van der Waals surface area (Å²) in [6.45, 7) is 6.15. The molecule has 124 valence electrons. The maximum absolute atomic E-state index is 13.0. The van der Waals surface area contributed by atoms with Crippen molar-refractivity contribution < 1.29 is 4.79 Å². The van der Waals surface area contributed by atoms with Crippen LogP contribution < -0.4 is 4.90 Å². The lowest BCUT2D eigenvalue weighted by molar-refractivity contribution is 0.0985. The van der Waals surface area contributed by atoms with E-state index in [1.54, 1.807) is 17.2 Å². The van der Waals surface area contributed by atoms with E-state index in [0.717, 1.165) is 21.4 Å². The Balaban J connectivity index is 1.75. The highest BCUT2D eigenvalue weighted by molar-refractivity contribution is 7.22. The molecule has 0 N–H and O–H groups in total. The van der Waals surface area contributed by atoms with Crippen LogP contribution in [0.3, 0.4) is 0 Å². The Bertz CT molecular complexity index is 1060. The van der Waals surface area contributed by atoms with Gasteiger partial charge in [0, 0.05) is 18.9 Å². The molecule has 0 radical (unpaired) electrons. The van der Waals surface area contributed by atoms with Gasteiger partial charge >= 0.3 is 0 Å². The molecule has 0 aliphatic carbocycles. The molecule has 0 atom stereocenters. The van der Waals surface area contributed by atoms with E-state index in [9.17, 15) is 4.79 Å². The lowest BCUT2D eigenvalue weighted by Gasteiger charge is -2.16. The van der Waals surface area contributed by atoms with Crippen LogP contribution >= 0.6 is 11.3 Å². The van der Waals surface area contributed by atoms with Crippen LogP contribution in [0.25, 0.3) is 15.9 Å². The molecule has 1 amide bonds. The number of para-hydroxylation sites is 1. The zero-order valence-corrected chi connectivity index (χ0v) is 14.5. The summed E-state index contributed by atoms with van der Waals surface area (Å²) in [7, 11) is 0. The van der Waals surface area contributed by atoms with Crippen molar-refractivity contribution in [1.82, 2.24) is 14.4 Å². The van der Waals surface area contributed by atoms with Gasteiger partial charge in [-0.2, -0.15) is 0 Å². The molecule has 0 aliphatic rings. The van der Waals surface area contributed by atoms with Gasteiger partial charge in [0.15, 0.2) is 5.13 Å². The van der Waals surface area contributed by atoms with Crippen molar-refractivity contribution in [2.24, 2.45) is 0 Å². The van der Waals surface area contributed by atoms with Gasteiger partial charge < -0.3 is 4.40 Å². The first kappa shape index (κ1) is 15.5. The van der Waals surface area contributed by atoms with Crippen LogP contribution in [0.5, 0.6) is 0 Å². The number of benzene rings is 1. The van der Waals surface area contributed by atoms with Gasteiger partial charge in [0.25, 0.3) is 5.91 Å². The molecule has 0 unspecified atom stereocenters. The van der Waals surface area contributed by atoms with E-state index >= 15 is 0 Å². The number of hydrogen-bond acceptors (Lipinski definition) is 4. The highest BCUT2D eigenvalue weighted by Gasteiger charge is 2.22. The van der Waals surface area contributed by atoms with Crippen molar-refractivity contribution in [3.8, 4) is 0 Å². The van der Waals surface area contributed by atoms with Gasteiger partial charge in [0.2, 0.25) is 0 Å². The SMILES string of the molecule is C=CCN(C(=O)c1cn2ccc(C)cc2n1)c1nc2ccccc2s1.